The number of rotatable bonds is 4. The molecule has 2 atom stereocenters. The maximum absolute atomic E-state index is 12.3. The minimum Gasteiger partial charge on any atom is -0.444 e. The van der Waals surface area contributed by atoms with Gasteiger partial charge in [0.05, 0.1) is 12.1 Å². The lowest BCUT2D eigenvalue weighted by atomic mass is 9.94. The van der Waals surface area contributed by atoms with Crippen LogP contribution >= 0.6 is 23.2 Å². The van der Waals surface area contributed by atoms with E-state index in [2.05, 4.69) is 5.32 Å². The number of halogens is 2. The van der Waals surface area contributed by atoms with Crippen molar-refractivity contribution in [3.05, 3.63) is 69.7 Å². The maximum Gasteiger partial charge on any atom is 0.408 e. The van der Waals surface area contributed by atoms with E-state index in [1.807, 2.05) is 45.0 Å². The number of hydrogen-bond donors (Lipinski definition) is 2. The highest BCUT2D eigenvalue weighted by atomic mass is 35.5. The van der Waals surface area contributed by atoms with Crippen molar-refractivity contribution in [2.75, 3.05) is 0 Å². The van der Waals surface area contributed by atoms with Crippen molar-refractivity contribution >= 4 is 29.3 Å². The standard InChI is InChI=1S/C19H22Cl2N2O2/c1-19(2,3)25-18(24)23-17(13-6-10-15(21)11-7-13)16(22)12-4-8-14(20)9-5-12/h4-11,16-17H,22H2,1-3H3,(H,23,24)/t16-,17?/m0/s1. The minimum absolute atomic E-state index is 0.478. The molecule has 0 aliphatic rings. The molecular weight excluding hydrogens is 359 g/mol. The average Bonchev–Trinajstić information content (AvgIpc) is 2.52. The van der Waals surface area contributed by atoms with Crippen LogP contribution in [-0.2, 0) is 4.74 Å². The van der Waals surface area contributed by atoms with E-state index in [9.17, 15) is 4.79 Å². The second kappa shape index (κ2) is 8.09. The first-order valence-corrected chi connectivity index (χ1v) is 8.67. The van der Waals surface area contributed by atoms with Gasteiger partial charge in [-0.05, 0) is 56.2 Å². The van der Waals surface area contributed by atoms with Gasteiger partial charge in [0, 0.05) is 10.0 Å². The van der Waals surface area contributed by atoms with E-state index in [1.165, 1.54) is 0 Å². The molecule has 2 aromatic carbocycles. The van der Waals surface area contributed by atoms with Gasteiger partial charge in [0.1, 0.15) is 5.60 Å². The largest absolute Gasteiger partial charge is 0.444 e. The van der Waals surface area contributed by atoms with E-state index in [-0.39, 0.29) is 0 Å². The Kier molecular flexibility index (Phi) is 6.33. The lowest BCUT2D eigenvalue weighted by Crippen LogP contribution is -2.39. The third kappa shape index (κ3) is 5.92. The van der Waals surface area contributed by atoms with E-state index in [0.717, 1.165) is 11.1 Å². The fraction of sp³-hybridized carbons (Fsp3) is 0.316. The predicted octanol–water partition coefficient (Wildman–Crippen LogP) is 5.26. The summed E-state index contributed by atoms with van der Waals surface area (Å²) in [6.45, 7) is 5.43. The molecule has 0 radical (unpaired) electrons. The molecule has 0 saturated heterocycles. The summed E-state index contributed by atoms with van der Waals surface area (Å²) in [6, 6.07) is 13.4. The smallest absolute Gasteiger partial charge is 0.408 e. The lowest BCUT2D eigenvalue weighted by Gasteiger charge is -2.28. The molecule has 0 aliphatic carbocycles. The molecule has 3 N–H and O–H groups in total. The van der Waals surface area contributed by atoms with Gasteiger partial charge >= 0.3 is 6.09 Å². The number of ether oxygens (including phenoxy) is 1. The number of alkyl carbamates (subject to hydrolysis) is 1. The summed E-state index contributed by atoms with van der Waals surface area (Å²) in [5, 5.41) is 4.10. The first kappa shape index (κ1) is 19.6. The molecule has 4 nitrogen and oxygen atoms in total. The molecule has 6 heteroatoms. The van der Waals surface area contributed by atoms with E-state index >= 15 is 0 Å². The molecule has 134 valence electrons. The number of carbonyl (C=O) groups is 1. The molecule has 25 heavy (non-hydrogen) atoms. The number of carbonyl (C=O) groups excluding carboxylic acids is 1. The van der Waals surface area contributed by atoms with Gasteiger partial charge in [0.25, 0.3) is 0 Å². The first-order chi connectivity index (χ1) is 11.7. The molecule has 1 amide bonds. The van der Waals surface area contributed by atoms with Crippen LogP contribution in [0.1, 0.15) is 44.0 Å². The highest BCUT2D eigenvalue weighted by molar-refractivity contribution is 6.30. The van der Waals surface area contributed by atoms with E-state index < -0.39 is 23.8 Å². The van der Waals surface area contributed by atoms with Gasteiger partial charge in [0.15, 0.2) is 0 Å². The van der Waals surface area contributed by atoms with E-state index in [4.69, 9.17) is 33.7 Å². The molecule has 0 spiro atoms. The van der Waals surface area contributed by atoms with Gasteiger partial charge in [-0.2, -0.15) is 0 Å². The molecule has 0 heterocycles. The average molecular weight is 381 g/mol. The summed E-state index contributed by atoms with van der Waals surface area (Å²) < 4.78 is 5.37. The molecule has 0 aromatic heterocycles. The predicted molar refractivity (Wildman–Crippen MR) is 102 cm³/mol. The first-order valence-electron chi connectivity index (χ1n) is 7.92. The molecule has 0 fully saturated rings. The highest BCUT2D eigenvalue weighted by Gasteiger charge is 2.26. The number of nitrogens with one attached hydrogen (secondary N) is 1. The van der Waals surface area contributed by atoms with Crippen molar-refractivity contribution < 1.29 is 9.53 Å². The maximum atomic E-state index is 12.3. The lowest BCUT2D eigenvalue weighted by molar-refractivity contribution is 0.0495. The second-order valence-corrected chi connectivity index (χ2v) is 7.63. The number of benzene rings is 2. The van der Waals surface area contributed by atoms with Crippen molar-refractivity contribution in [2.24, 2.45) is 5.73 Å². The zero-order valence-corrected chi connectivity index (χ0v) is 15.9. The van der Waals surface area contributed by atoms with E-state index in [1.54, 1.807) is 24.3 Å². The molecule has 0 aliphatic heterocycles. The van der Waals surface area contributed by atoms with Crippen LogP contribution in [0, 0.1) is 0 Å². The fourth-order valence-corrected chi connectivity index (χ4v) is 2.61. The SMILES string of the molecule is CC(C)(C)OC(=O)NC(c1ccc(Cl)cc1)[C@@H](N)c1ccc(Cl)cc1. The van der Waals surface area contributed by atoms with Gasteiger partial charge in [0.2, 0.25) is 0 Å². The summed E-state index contributed by atoms with van der Waals surface area (Å²) in [5.74, 6) is 0. The van der Waals surface area contributed by atoms with Crippen molar-refractivity contribution in [3.63, 3.8) is 0 Å². The molecule has 0 bridgehead atoms. The van der Waals surface area contributed by atoms with Gasteiger partial charge in [-0.3, -0.25) is 0 Å². The summed E-state index contributed by atoms with van der Waals surface area (Å²) in [5.41, 5.74) is 7.51. The molecule has 0 saturated carbocycles. The fourth-order valence-electron chi connectivity index (χ4n) is 2.36. The van der Waals surface area contributed by atoms with Gasteiger partial charge < -0.3 is 15.8 Å². The van der Waals surface area contributed by atoms with Crippen LogP contribution in [0.4, 0.5) is 4.79 Å². The van der Waals surface area contributed by atoms with Gasteiger partial charge in [-0.25, -0.2) is 4.79 Å². The van der Waals surface area contributed by atoms with Crippen LogP contribution in [0.5, 0.6) is 0 Å². The summed E-state index contributed by atoms with van der Waals surface area (Å²) in [4.78, 5) is 12.3. The van der Waals surface area contributed by atoms with Crippen molar-refractivity contribution in [2.45, 2.75) is 38.5 Å². The Morgan fingerprint density at radius 2 is 1.40 bits per heavy atom. The normalized spacial score (nSPS) is 13.8. The summed E-state index contributed by atoms with van der Waals surface area (Å²) in [6.07, 6.45) is -0.531. The van der Waals surface area contributed by atoms with Crippen LogP contribution in [0.25, 0.3) is 0 Å². The van der Waals surface area contributed by atoms with Crippen LogP contribution in [0.3, 0.4) is 0 Å². The third-order valence-corrected chi connectivity index (χ3v) is 4.02. The van der Waals surface area contributed by atoms with Crippen LogP contribution in [0.2, 0.25) is 10.0 Å². The zero-order valence-electron chi connectivity index (χ0n) is 14.4. The monoisotopic (exact) mass is 380 g/mol. The summed E-state index contributed by atoms with van der Waals surface area (Å²) in [7, 11) is 0. The highest BCUT2D eigenvalue weighted by Crippen LogP contribution is 2.29. The summed E-state index contributed by atoms with van der Waals surface area (Å²) >= 11 is 11.9. The van der Waals surface area contributed by atoms with Crippen LogP contribution < -0.4 is 11.1 Å². The molecule has 2 rings (SSSR count). The molecular formula is C19H22Cl2N2O2. The Bertz CT molecular complexity index is 710. The topological polar surface area (TPSA) is 64.3 Å². The van der Waals surface area contributed by atoms with Crippen LogP contribution in [0.15, 0.2) is 48.5 Å². The minimum atomic E-state index is -0.598. The Morgan fingerprint density at radius 3 is 1.84 bits per heavy atom. The Balaban J connectivity index is 2.29. The Hall–Kier alpha value is -1.75. The van der Waals surface area contributed by atoms with E-state index in [0.29, 0.717) is 10.0 Å². The van der Waals surface area contributed by atoms with Crippen LogP contribution in [-0.4, -0.2) is 11.7 Å². The number of hydrogen-bond acceptors (Lipinski definition) is 3. The van der Waals surface area contributed by atoms with Crippen molar-refractivity contribution in [1.82, 2.24) is 5.32 Å². The molecule has 1 unspecified atom stereocenters. The number of amides is 1. The second-order valence-electron chi connectivity index (χ2n) is 6.75. The number of nitrogens with two attached hydrogens (primary N) is 1. The van der Waals surface area contributed by atoms with Crippen molar-refractivity contribution in [1.29, 1.82) is 0 Å². The Morgan fingerprint density at radius 1 is 0.960 bits per heavy atom. The van der Waals surface area contributed by atoms with Gasteiger partial charge in [-0.15, -0.1) is 0 Å². The van der Waals surface area contributed by atoms with Gasteiger partial charge in [-0.1, -0.05) is 47.5 Å². The quantitative estimate of drug-likeness (QED) is 0.759. The zero-order chi connectivity index (χ0) is 18.6. The van der Waals surface area contributed by atoms with Crippen molar-refractivity contribution in [3.8, 4) is 0 Å². The Labute approximate surface area is 158 Å². The molecule has 2 aromatic rings. The third-order valence-electron chi connectivity index (χ3n) is 3.52.